The fourth-order valence-electron chi connectivity index (χ4n) is 1.93. The molecule has 1 aromatic rings. The molecule has 0 atom stereocenters. The van der Waals surface area contributed by atoms with Gasteiger partial charge in [-0.2, -0.15) is 0 Å². The smallest absolute Gasteiger partial charge is 0.223 e. The summed E-state index contributed by atoms with van der Waals surface area (Å²) >= 11 is 0. The molecule has 0 radical (unpaired) electrons. The van der Waals surface area contributed by atoms with Crippen LogP contribution in [0.4, 0.5) is 0 Å². The van der Waals surface area contributed by atoms with E-state index >= 15 is 0 Å². The molecule has 4 heteroatoms. The van der Waals surface area contributed by atoms with Gasteiger partial charge in [-0.15, -0.1) is 0 Å². The van der Waals surface area contributed by atoms with Crippen LogP contribution in [0.15, 0.2) is 12.4 Å². The molecular weight excluding hydrogens is 202 g/mol. The van der Waals surface area contributed by atoms with E-state index in [-0.39, 0.29) is 5.91 Å². The Morgan fingerprint density at radius 2 is 2.06 bits per heavy atom. The Labute approximate surface area is 95.7 Å². The zero-order valence-corrected chi connectivity index (χ0v) is 9.81. The molecule has 0 aliphatic carbocycles. The zero-order chi connectivity index (χ0) is 11.5. The highest BCUT2D eigenvalue weighted by Crippen LogP contribution is 2.16. The molecule has 0 aromatic carbocycles. The van der Waals surface area contributed by atoms with Crippen LogP contribution >= 0.6 is 0 Å². The van der Waals surface area contributed by atoms with Crippen LogP contribution < -0.4 is 0 Å². The van der Waals surface area contributed by atoms with Gasteiger partial charge < -0.3 is 4.90 Å². The Morgan fingerprint density at radius 3 is 2.75 bits per heavy atom. The number of hydrogen-bond acceptors (Lipinski definition) is 3. The predicted octanol–water partition coefficient (Wildman–Crippen LogP) is 1.41. The number of nitrogens with zero attached hydrogens (tertiary/aromatic N) is 3. The third-order valence-electron chi connectivity index (χ3n) is 2.76. The first kappa shape index (κ1) is 11.0. The molecule has 4 nitrogen and oxygen atoms in total. The molecule has 0 fully saturated rings. The minimum atomic E-state index is 0.228. The Kier molecular flexibility index (Phi) is 3.17. The minimum Gasteiger partial charge on any atom is -0.336 e. The molecule has 2 rings (SSSR count). The van der Waals surface area contributed by atoms with E-state index in [1.807, 2.05) is 4.90 Å². The Hall–Kier alpha value is -1.45. The van der Waals surface area contributed by atoms with E-state index in [4.69, 9.17) is 0 Å². The largest absolute Gasteiger partial charge is 0.336 e. The summed E-state index contributed by atoms with van der Waals surface area (Å²) in [7, 11) is 0. The van der Waals surface area contributed by atoms with Crippen LogP contribution in [0.5, 0.6) is 0 Å². The van der Waals surface area contributed by atoms with Gasteiger partial charge in [0.1, 0.15) is 0 Å². The van der Waals surface area contributed by atoms with Gasteiger partial charge in [-0.3, -0.25) is 14.8 Å². The van der Waals surface area contributed by atoms with Gasteiger partial charge in [-0.25, -0.2) is 0 Å². The SMILES string of the molecule is CC(C)CC(=O)N1CCc2nccnc2C1. The molecule has 1 amide bonds. The third kappa shape index (κ3) is 2.38. The van der Waals surface area contributed by atoms with Crippen molar-refractivity contribution in [2.24, 2.45) is 5.92 Å². The number of amides is 1. The lowest BCUT2D eigenvalue weighted by Gasteiger charge is -2.27. The van der Waals surface area contributed by atoms with Crippen molar-refractivity contribution in [3.63, 3.8) is 0 Å². The average molecular weight is 219 g/mol. The summed E-state index contributed by atoms with van der Waals surface area (Å²) in [5, 5.41) is 0. The molecule has 1 aliphatic heterocycles. The molecule has 0 unspecified atom stereocenters. The highest BCUT2D eigenvalue weighted by molar-refractivity contribution is 5.76. The number of carbonyl (C=O) groups excluding carboxylic acids is 1. The summed E-state index contributed by atoms with van der Waals surface area (Å²) in [5.74, 6) is 0.641. The Bertz CT molecular complexity index is 390. The lowest BCUT2D eigenvalue weighted by molar-refractivity contribution is -0.133. The van der Waals surface area contributed by atoms with Crippen LogP contribution in [0.3, 0.4) is 0 Å². The summed E-state index contributed by atoms with van der Waals surface area (Å²) in [6.07, 6.45) is 4.85. The van der Waals surface area contributed by atoms with E-state index in [0.717, 1.165) is 24.4 Å². The molecule has 86 valence electrons. The number of hydrogen-bond donors (Lipinski definition) is 0. The lowest BCUT2D eigenvalue weighted by atomic mass is 10.1. The molecule has 0 saturated carbocycles. The molecule has 0 saturated heterocycles. The van der Waals surface area contributed by atoms with Crippen LogP contribution in [-0.2, 0) is 17.8 Å². The van der Waals surface area contributed by atoms with Gasteiger partial charge in [-0.1, -0.05) is 13.8 Å². The van der Waals surface area contributed by atoms with E-state index in [1.165, 1.54) is 0 Å². The monoisotopic (exact) mass is 219 g/mol. The maximum atomic E-state index is 11.9. The summed E-state index contributed by atoms with van der Waals surface area (Å²) in [6.45, 7) is 5.52. The van der Waals surface area contributed by atoms with E-state index in [2.05, 4.69) is 23.8 Å². The summed E-state index contributed by atoms with van der Waals surface area (Å²) in [4.78, 5) is 22.3. The predicted molar refractivity (Wildman–Crippen MR) is 60.6 cm³/mol. The zero-order valence-electron chi connectivity index (χ0n) is 9.81. The maximum absolute atomic E-state index is 11.9. The van der Waals surface area contributed by atoms with Gasteiger partial charge in [0.2, 0.25) is 5.91 Å². The van der Waals surface area contributed by atoms with Gasteiger partial charge in [-0.05, 0) is 5.92 Å². The van der Waals surface area contributed by atoms with E-state index < -0.39 is 0 Å². The van der Waals surface area contributed by atoms with Crippen LogP contribution in [0.25, 0.3) is 0 Å². The van der Waals surface area contributed by atoms with Gasteiger partial charge in [0.15, 0.2) is 0 Å². The molecule has 2 heterocycles. The van der Waals surface area contributed by atoms with E-state index in [0.29, 0.717) is 18.9 Å². The number of fused-ring (bicyclic) bond motifs is 1. The lowest BCUT2D eigenvalue weighted by Crippen LogP contribution is -2.37. The van der Waals surface area contributed by atoms with Gasteiger partial charge in [0, 0.05) is 31.8 Å². The third-order valence-corrected chi connectivity index (χ3v) is 2.76. The first-order chi connectivity index (χ1) is 7.66. The Morgan fingerprint density at radius 1 is 1.38 bits per heavy atom. The van der Waals surface area contributed by atoms with Crippen molar-refractivity contribution in [1.29, 1.82) is 0 Å². The Balaban J connectivity index is 2.05. The molecule has 16 heavy (non-hydrogen) atoms. The maximum Gasteiger partial charge on any atom is 0.223 e. The van der Waals surface area contributed by atoms with Crippen molar-refractivity contribution in [3.8, 4) is 0 Å². The van der Waals surface area contributed by atoms with Crippen LogP contribution in [-0.4, -0.2) is 27.3 Å². The summed E-state index contributed by atoms with van der Waals surface area (Å²) in [5.41, 5.74) is 1.99. The first-order valence-corrected chi connectivity index (χ1v) is 5.73. The average Bonchev–Trinajstić information content (AvgIpc) is 2.27. The van der Waals surface area contributed by atoms with Crippen LogP contribution in [0.1, 0.15) is 31.7 Å². The molecular formula is C12H17N3O. The van der Waals surface area contributed by atoms with Crippen molar-refractivity contribution in [2.75, 3.05) is 6.54 Å². The highest BCUT2D eigenvalue weighted by Gasteiger charge is 2.22. The fourth-order valence-corrected chi connectivity index (χ4v) is 1.93. The van der Waals surface area contributed by atoms with Gasteiger partial charge in [0.05, 0.1) is 17.9 Å². The topological polar surface area (TPSA) is 46.1 Å². The van der Waals surface area contributed by atoms with E-state index in [1.54, 1.807) is 12.4 Å². The molecule has 0 spiro atoms. The summed E-state index contributed by atoms with van der Waals surface area (Å²) in [6, 6.07) is 0. The standard InChI is InChI=1S/C12H17N3O/c1-9(2)7-12(16)15-6-3-10-11(8-15)14-5-4-13-10/h4-5,9H,3,6-8H2,1-2H3. The van der Waals surface area contributed by atoms with E-state index in [9.17, 15) is 4.79 Å². The second kappa shape index (κ2) is 4.60. The molecule has 0 bridgehead atoms. The fraction of sp³-hybridized carbons (Fsp3) is 0.583. The van der Waals surface area contributed by atoms with Crippen molar-refractivity contribution in [3.05, 3.63) is 23.8 Å². The first-order valence-electron chi connectivity index (χ1n) is 5.73. The quantitative estimate of drug-likeness (QED) is 0.755. The van der Waals surface area contributed by atoms with Crippen molar-refractivity contribution in [1.82, 2.24) is 14.9 Å². The van der Waals surface area contributed by atoms with Crippen LogP contribution in [0, 0.1) is 5.92 Å². The summed E-state index contributed by atoms with van der Waals surface area (Å²) < 4.78 is 0. The van der Waals surface area contributed by atoms with Crippen molar-refractivity contribution < 1.29 is 4.79 Å². The second-order valence-electron chi connectivity index (χ2n) is 4.61. The minimum absolute atomic E-state index is 0.228. The van der Waals surface area contributed by atoms with Crippen molar-refractivity contribution in [2.45, 2.75) is 33.2 Å². The van der Waals surface area contributed by atoms with Gasteiger partial charge >= 0.3 is 0 Å². The normalized spacial score (nSPS) is 15.1. The number of carbonyl (C=O) groups is 1. The molecule has 1 aliphatic rings. The number of rotatable bonds is 2. The highest BCUT2D eigenvalue weighted by atomic mass is 16.2. The molecule has 0 N–H and O–H groups in total. The van der Waals surface area contributed by atoms with Crippen molar-refractivity contribution >= 4 is 5.91 Å². The van der Waals surface area contributed by atoms with Gasteiger partial charge in [0.25, 0.3) is 0 Å². The van der Waals surface area contributed by atoms with Crippen LogP contribution in [0.2, 0.25) is 0 Å². The second-order valence-corrected chi connectivity index (χ2v) is 4.61. The number of aromatic nitrogens is 2. The molecule has 1 aromatic heterocycles.